The molecule has 20 heavy (non-hydrogen) atoms. The molecule has 1 aromatic carbocycles. The van der Waals surface area contributed by atoms with Gasteiger partial charge in [-0.05, 0) is 12.0 Å². The maximum atomic E-state index is 12.6. The number of carbonyl (C=O) groups excluding carboxylic acids is 1. The van der Waals surface area contributed by atoms with Gasteiger partial charge in [0.2, 0.25) is 0 Å². The lowest BCUT2D eigenvalue weighted by Gasteiger charge is -2.50. The number of benzene rings is 1. The molecule has 2 aromatic rings. The summed E-state index contributed by atoms with van der Waals surface area (Å²) >= 11 is 0. The number of rotatable bonds is 2. The van der Waals surface area contributed by atoms with Crippen LogP contribution in [0.4, 0.5) is 0 Å². The van der Waals surface area contributed by atoms with Crippen LogP contribution in [-0.4, -0.2) is 39.2 Å². The van der Waals surface area contributed by atoms with Crippen LogP contribution in [-0.2, 0) is 7.05 Å². The zero-order chi connectivity index (χ0) is 14.5. The maximum absolute atomic E-state index is 12.6. The van der Waals surface area contributed by atoms with Crippen LogP contribution >= 0.6 is 0 Å². The van der Waals surface area contributed by atoms with E-state index in [9.17, 15) is 4.79 Å². The first-order chi connectivity index (χ1) is 9.42. The highest BCUT2D eigenvalue weighted by Crippen LogP contribution is 2.28. The number of aromatic nitrogens is 2. The van der Waals surface area contributed by atoms with Gasteiger partial charge in [0, 0.05) is 25.5 Å². The topological polar surface area (TPSA) is 64.2 Å². The summed E-state index contributed by atoms with van der Waals surface area (Å²) in [5, 5.41) is 5.27. The molecule has 2 heterocycles. The third kappa shape index (κ3) is 1.81. The van der Waals surface area contributed by atoms with Crippen LogP contribution < -0.4 is 5.73 Å². The molecule has 3 rings (SSSR count). The summed E-state index contributed by atoms with van der Waals surface area (Å²) in [6, 6.07) is 7.79. The summed E-state index contributed by atoms with van der Waals surface area (Å²) < 4.78 is 1.75. The molecule has 1 aliphatic rings. The van der Waals surface area contributed by atoms with Crippen molar-refractivity contribution in [3.63, 3.8) is 0 Å². The van der Waals surface area contributed by atoms with Gasteiger partial charge >= 0.3 is 0 Å². The predicted octanol–water partition coefficient (Wildman–Crippen LogP) is 1.38. The van der Waals surface area contributed by atoms with Gasteiger partial charge in [-0.25, -0.2) is 0 Å². The van der Waals surface area contributed by atoms with Crippen molar-refractivity contribution in [1.29, 1.82) is 0 Å². The maximum Gasteiger partial charge on any atom is 0.275 e. The van der Waals surface area contributed by atoms with E-state index in [1.165, 1.54) is 0 Å². The Balaban J connectivity index is 1.88. The molecule has 2 N–H and O–H groups in total. The van der Waals surface area contributed by atoms with E-state index in [0.29, 0.717) is 24.7 Å². The van der Waals surface area contributed by atoms with E-state index in [4.69, 9.17) is 5.73 Å². The lowest BCUT2D eigenvalue weighted by atomic mass is 9.80. The van der Waals surface area contributed by atoms with Crippen LogP contribution in [0.5, 0.6) is 0 Å². The van der Waals surface area contributed by atoms with Crippen molar-refractivity contribution in [3.8, 4) is 0 Å². The fourth-order valence-electron chi connectivity index (χ4n) is 2.69. The minimum Gasteiger partial charge on any atom is -0.333 e. The molecule has 0 spiro atoms. The van der Waals surface area contributed by atoms with Gasteiger partial charge in [-0.15, -0.1) is 0 Å². The van der Waals surface area contributed by atoms with Gasteiger partial charge in [-0.3, -0.25) is 9.48 Å². The summed E-state index contributed by atoms with van der Waals surface area (Å²) in [7, 11) is 1.86. The highest BCUT2D eigenvalue weighted by Gasteiger charge is 2.45. The molecule has 5 heteroatoms. The van der Waals surface area contributed by atoms with Gasteiger partial charge in [0.1, 0.15) is 0 Å². The van der Waals surface area contributed by atoms with Crippen LogP contribution in [0.1, 0.15) is 24.3 Å². The first kappa shape index (κ1) is 13.1. The lowest BCUT2D eigenvalue weighted by molar-refractivity contribution is 0.0271. The van der Waals surface area contributed by atoms with Gasteiger partial charge in [-0.1, -0.05) is 32.0 Å². The van der Waals surface area contributed by atoms with E-state index in [2.05, 4.69) is 18.9 Å². The zero-order valence-corrected chi connectivity index (χ0v) is 12.1. The third-order valence-electron chi connectivity index (χ3n) is 4.37. The molecule has 1 fully saturated rings. The minimum atomic E-state index is -0.250. The summed E-state index contributed by atoms with van der Waals surface area (Å²) in [5.41, 5.74) is 7.49. The van der Waals surface area contributed by atoms with Gasteiger partial charge in [-0.2, -0.15) is 5.10 Å². The molecule has 106 valence electrons. The fraction of sp³-hybridized carbons (Fsp3) is 0.467. The Kier molecular flexibility index (Phi) is 2.83. The number of carbonyl (C=O) groups is 1. The van der Waals surface area contributed by atoms with Gasteiger partial charge in [0.05, 0.1) is 11.1 Å². The largest absolute Gasteiger partial charge is 0.333 e. The molecule has 0 unspecified atom stereocenters. The van der Waals surface area contributed by atoms with Crippen LogP contribution in [0.15, 0.2) is 24.3 Å². The van der Waals surface area contributed by atoms with E-state index in [-0.39, 0.29) is 11.4 Å². The summed E-state index contributed by atoms with van der Waals surface area (Å²) in [5.74, 6) is 0.343. The second kappa shape index (κ2) is 4.31. The Bertz CT molecular complexity index is 668. The van der Waals surface area contributed by atoms with Crippen LogP contribution in [0.2, 0.25) is 0 Å². The van der Waals surface area contributed by atoms with Gasteiger partial charge in [0.15, 0.2) is 5.69 Å². The minimum absolute atomic E-state index is 0.0245. The van der Waals surface area contributed by atoms with Crippen molar-refractivity contribution in [2.75, 3.05) is 13.1 Å². The summed E-state index contributed by atoms with van der Waals surface area (Å²) in [6.45, 7) is 5.40. The number of nitrogens with zero attached hydrogens (tertiary/aromatic N) is 3. The van der Waals surface area contributed by atoms with Crippen LogP contribution in [0.25, 0.3) is 10.9 Å². The fourth-order valence-corrected chi connectivity index (χ4v) is 2.69. The molecule has 1 aromatic heterocycles. The highest BCUT2D eigenvalue weighted by atomic mass is 16.2. The monoisotopic (exact) mass is 272 g/mol. The summed E-state index contributed by atoms with van der Waals surface area (Å²) in [6.07, 6.45) is 0. The average molecular weight is 272 g/mol. The smallest absolute Gasteiger partial charge is 0.275 e. The standard InChI is InChI=1S/C15H20N4O/c1-10(2)15(16)8-19(9-15)14(20)13-11-6-4-5-7-12(11)18(3)17-13/h4-7,10H,8-9,16H2,1-3H3. The van der Waals surface area contributed by atoms with Crippen molar-refractivity contribution < 1.29 is 4.79 Å². The van der Waals surface area contributed by atoms with Crippen molar-refractivity contribution in [2.45, 2.75) is 19.4 Å². The van der Waals surface area contributed by atoms with Gasteiger partial charge in [0.25, 0.3) is 5.91 Å². The zero-order valence-electron chi connectivity index (χ0n) is 12.1. The van der Waals surface area contributed by atoms with Crippen LogP contribution in [0.3, 0.4) is 0 Å². The Hall–Kier alpha value is -1.88. The van der Waals surface area contributed by atoms with Crippen molar-refractivity contribution in [1.82, 2.24) is 14.7 Å². The number of fused-ring (bicyclic) bond motifs is 1. The van der Waals surface area contributed by atoms with E-state index in [1.807, 2.05) is 31.3 Å². The lowest BCUT2D eigenvalue weighted by Crippen LogP contribution is -2.71. The number of amides is 1. The Labute approximate surface area is 118 Å². The van der Waals surface area contributed by atoms with E-state index >= 15 is 0 Å². The normalized spacial score (nSPS) is 17.6. The number of hydrogen-bond donors (Lipinski definition) is 1. The molecule has 1 amide bonds. The Morgan fingerprint density at radius 1 is 1.35 bits per heavy atom. The Morgan fingerprint density at radius 2 is 2.00 bits per heavy atom. The highest BCUT2D eigenvalue weighted by molar-refractivity contribution is 6.05. The van der Waals surface area contributed by atoms with Crippen molar-refractivity contribution in [2.24, 2.45) is 18.7 Å². The molecule has 0 atom stereocenters. The SMILES string of the molecule is CC(C)C1(N)CN(C(=O)c2nn(C)c3ccccc23)C1. The molecular formula is C15H20N4O. The molecule has 1 aliphatic heterocycles. The number of para-hydroxylation sites is 1. The number of nitrogens with two attached hydrogens (primary N) is 1. The number of likely N-dealkylation sites (tertiary alicyclic amines) is 1. The molecule has 0 saturated carbocycles. The molecule has 0 aliphatic carbocycles. The van der Waals surface area contributed by atoms with Crippen molar-refractivity contribution >= 4 is 16.8 Å². The first-order valence-electron chi connectivity index (χ1n) is 6.92. The molecule has 5 nitrogen and oxygen atoms in total. The quantitative estimate of drug-likeness (QED) is 0.898. The van der Waals surface area contributed by atoms with E-state index < -0.39 is 0 Å². The molecule has 0 bridgehead atoms. The Morgan fingerprint density at radius 3 is 2.65 bits per heavy atom. The molecule has 1 saturated heterocycles. The summed E-state index contributed by atoms with van der Waals surface area (Å²) in [4.78, 5) is 14.3. The average Bonchev–Trinajstić information content (AvgIpc) is 2.72. The van der Waals surface area contributed by atoms with Gasteiger partial charge < -0.3 is 10.6 Å². The van der Waals surface area contributed by atoms with E-state index in [0.717, 1.165) is 10.9 Å². The number of aryl methyl sites for hydroxylation is 1. The second-order valence-electron chi connectivity index (χ2n) is 6.04. The number of hydrogen-bond acceptors (Lipinski definition) is 3. The molecular weight excluding hydrogens is 252 g/mol. The second-order valence-corrected chi connectivity index (χ2v) is 6.04. The first-order valence-corrected chi connectivity index (χ1v) is 6.92. The third-order valence-corrected chi connectivity index (χ3v) is 4.37. The van der Waals surface area contributed by atoms with Crippen LogP contribution in [0, 0.1) is 5.92 Å². The van der Waals surface area contributed by atoms with Crippen molar-refractivity contribution in [3.05, 3.63) is 30.0 Å². The molecule has 0 radical (unpaired) electrons. The van der Waals surface area contributed by atoms with E-state index in [1.54, 1.807) is 9.58 Å². The predicted molar refractivity (Wildman–Crippen MR) is 78.4 cm³/mol.